The molecule has 3 heterocycles. The molecule has 1 aliphatic heterocycles. The predicted molar refractivity (Wildman–Crippen MR) is 64.9 cm³/mol. The van der Waals surface area contributed by atoms with E-state index in [4.69, 9.17) is 0 Å². The zero-order chi connectivity index (χ0) is 11.0. The van der Waals surface area contributed by atoms with Crippen LogP contribution in [0, 0.1) is 0 Å². The molecular formula is C12H13N3O. The van der Waals surface area contributed by atoms with Crippen LogP contribution in [0.5, 0.6) is 0 Å². The van der Waals surface area contributed by atoms with E-state index in [1.165, 1.54) is 0 Å². The maximum atomic E-state index is 11.3. The molecule has 0 fully saturated rings. The molecule has 0 amide bonds. The summed E-state index contributed by atoms with van der Waals surface area (Å²) in [6.45, 7) is 1.91. The molecule has 2 N–H and O–H groups in total. The Kier molecular flexibility index (Phi) is 2.06. The summed E-state index contributed by atoms with van der Waals surface area (Å²) >= 11 is 0. The van der Waals surface area contributed by atoms with Gasteiger partial charge in [0.1, 0.15) is 0 Å². The van der Waals surface area contributed by atoms with Crippen LogP contribution in [0.2, 0.25) is 0 Å². The van der Waals surface area contributed by atoms with Crippen molar-refractivity contribution in [3.63, 3.8) is 0 Å². The van der Waals surface area contributed by atoms with Crippen molar-refractivity contribution in [2.45, 2.75) is 6.42 Å². The molecule has 0 radical (unpaired) electrons. The van der Waals surface area contributed by atoms with Crippen molar-refractivity contribution >= 4 is 16.7 Å². The number of pyridine rings is 1. The third-order valence-electron chi connectivity index (χ3n) is 2.94. The van der Waals surface area contributed by atoms with Gasteiger partial charge < -0.3 is 14.9 Å². The Morgan fingerprint density at radius 2 is 2.19 bits per heavy atom. The van der Waals surface area contributed by atoms with Crippen LogP contribution in [0.25, 0.3) is 11.0 Å². The van der Waals surface area contributed by atoms with Crippen molar-refractivity contribution in [1.29, 1.82) is 0 Å². The number of hydrogen-bond donors (Lipinski definition) is 2. The van der Waals surface area contributed by atoms with Gasteiger partial charge in [-0.2, -0.15) is 0 Å². The molecule has 0 atom stereocenters. The topological polar surface area (TPSA) is 51.9 Å². The maximum absolute atomic E-state index is 11.3. The molecule has 16 heavy (non-hydrogen) atoms. The Balaban J connectivity index is 2.12. The highest BCUT2D eigenvalue weighted by molar-refractivity contribution is 5.89. The van der Waals surface area contributed by atoms with Crippen molar-refractivity contribution in [2.75, 3.05) is 18.0 Å². The number of H-pyrrole nitrogens is 2. The molecule has 2 aromatic heterocycles. The second kappa shape index (κ2) is 3.56. The lowest BCUT2D eigenvalue weighted by atomic mass is 10.2. The van der Waals surface area contributed by atoms with Crippen LogP contribution in [0.15, 0.2) is 35.3 Å². The van der Waals surface area contributed by atoms with E-state index in [-0.39, 0.29) is 5.56 Å². The first-order chi connectivity index (χ1) is 7.84. The smallest absolute Gasteiger partial charge is 0.248 e. The summed E-state index contributed by atoms with van der Waals surface area (Å²) in [5.41, 5.74) is 2.91. The van der Waals surface area contributed by atoms with Gasteiger partial charge in [-0.15, -0.1) is 0 Å². The number of nitrogens with zero attached hydrogens (tertiary/aromatic N) is 1. The lowest BCUT2D eigenvalue weighted by Crippen LogP contribution is -2.26. The van der Waals surface area contributed by atoms with E-state index < -0.39 is 0 Å². The maximum Gasteiger partial charge on any atom is 0.248 e. The van der Waals surface area contributed by atoms with E-state index in [0.717, 1.165) is 36.2 Å². The predicted octanol–water partition coefficient (Wildman–Crippen LogP) is 1.62. The molecule has 1 aliphatic rings. The highest BCUT2D eigenvalue weighted by Crippen LogP contribution is 2.24. The molecule has 0 aliphatic carbocycles. The fourth-order valence-corrected chi connectivity index (χ4v) is 2.12. The number of anilines is 1. The summed E-state index contributed by atoms with van der Waals surface area (Å²) < 4.78 is 0. The number of fused-ring (bicyclic) bond motifs is 1. The Labute approximate surface area is 92.6 Å². The first-order valence-corrected chi connectivity index (χ1v) is 5.45. The van der Waals surface area contributed by atoms with Crippen LogP contribution >= 0.6 is 0 Å². The van der Waals surface area contributed by atoms with Gasteiger partial charge in [0.15, 0.2) is 0 Å². The van der Waals surface area contributed by atoms with Gasteiger partial charge in [0, 0.05) is 25.4 Å². The Morgan fingerprint density at radius 3 is 3.00 bits per heavy atom. The lowest BCUT2D eigenvalue weighted by Gasteiger charge is -2.24. The van der Waals surface area contributed by atoms with E-state index in [9.17, 15) is 4.79 Å². The third-order valence-corrected chi connectivity index (χ3v) is 2.94. The minimum Gasteiger partial charge on any atom is -0.365 e. The van der Waals surface area contributed by atoms with Crippen LogP contribution < -0.4 is 10.5 Å². The summed E-state index contributed by atoms with van der Waals surface area (Å²) in [6, 6.07) is 3.36. The van der Waals surface area contributed by atoms with Gasteiger partial charge in [-0.3, -0.25) is 4.79 Å². The highest BCUT2D eigenvalue weighted by Gasteiger charge is 2.12. The van der Waals surface area contributed by atoms with Gasteiger partial charge in [-0.25, -0.2) is 0 Å². The largest absolute Gasteiger partial charge is 0.365 e. The first-order valence-electron chi connectivity index (χ1n) is 5.45. The Bertz CT molecular complexity index is 594. The third kappa shape index (κ3) is 1.43. The van der Waals surface area contributed by atoms with Crippen LogP contribution in [-0.4, -0.2) is 23.1 Å². The molecule has 0 aromatic carbocycles. The summed E-state index contributed by atoms with van der Waals surface area (Å²) in [7, 11) is 0. The van der Waals surface area contributed by atoms with E-state index in [1.807, 2.05) is 12.3 Å². The molecule has 0 bridgehead atoms. The minimum atomic E-state index is -0.0547. The Morgan fingerprint density at radius 1 is 1.25 bits per heavy atom. The summed E-state index contributed by atoms with van der Waals surface area (Å²) in [4.78, 5) is 19.6. The van der Waals surface area contributed by atoms with Crippen molar-refractivity contribution in [1.82, 2.24) is 9.97 Å². The van der Waals surface area contributed by atoms with Crippen molar-refractivity contribution in [3.8, 4) is 0 Å². The number of nitrogens with one attached hydrogen (secondary N) is 2. The average molecular weight is 215 g/mol. The molecule has 0 saturated heterocycles. The number of aromatic amines is 2. The molecule has 4 nitrogen and oxygen atoms in total. The van der Waals surface area contributed by atoms with E-state index >= 15 is 0 Å². The molecule has 0 saturated carbocycles. The second-order valence-electron chi connectivity index (χ2n) is 3.99. The van der Waals surface area contributed by atoms with E-state index in [2.05, 4.69) is 27.0 Å². The van der Waals surface area contributed by atoms with Crippen LogP contribution in [0.1, 0.15) is 6.42 Å². The summed E-state index contributed by atoms with van der Waals surface area (Å²) in [5, 5.41) is 0. The normalized spacial score (nSPS) is 15.9. The van der Waals surface area contributed by atoms with Gasteiger partial charge in [0.2, 0.25) is 5.56 Å². The Hall–Kier alpha value is -1.97. The van der Waals surface area contributed by atoms with Crippen molar-refractivity contribution in [3.05, 3.63) is 40.8 Å². The molecule has 0 spiro atoms. The monoisotopic (exact) mass is 215 g/mol. The number of aromatic nitrogens is 2. The van der Waals surface area contributed by atoms with E-state index in [0.29, 0.717) is 0 Å². The standard InChI is InChI=1S/C12H13N3O/c16-11-5-4-9-12(14-11)10(8-13-9)15-6-2-1-3-7-15/h1-2,4-5,8,13H,3,6-7H2,(H,14,16). The summed E-state index contributed by atoms with van der Waals surface area (Å²) in [6.07, 6.45) is 7.36. The fraction of sp³-hybridized carbons (Fsp3) is 0.250. The zero-order valence-corrected chi connectivity index (χ0v) is 8.86. The van der Waals surface area contributed by atoms with E-state index in [1.54, 1.807) is 6.07 Å². The lowest BCUT2D eigenvalue weighted by molar-refractivity contribution is 0.823. The van der Waals surface area contributed by atoms with Crippen LogP contribution in [-0.2, 0) is 0 Å². The van der Waals surface area contributed by atoms with Gasteiger partial charge in [-0.1, -0.05) is 12.2 Å². The first kappa shape index (κ1) is 9.27. The van der Waals surface area contributed by atoms with Crippen molar-refractivity contribution < 1.29 is 0 Å². The quantitative estimate of drug-likeness (QED) is 0.710. The van der Waals surface area contributed by atoms with Gasteiger partial charge in [-0.05, 0) is 12.5 Å². The van der Waals surface area contributed by atoms with Crippen LogP contribution in [0.3, 0.4) is 0 Å². The number of rotatable bonds is 1. The summed E-state index contributed by atoms with van der Waals surface area (Å²) in [5.74, 6) is 0. The SMILES string of the molecule is O=c1ccc2[nH]cc(N3CC=CCC3)c2[nH]1. The van der Waals surface area contributed by atoms with Crippen molar-refractivity contribution in [2.24, 2.45) is 0 Å². The minimum absolute atomic E-state index is 0.0547. The molecule has 4 heteroatoms. The van der Waals surface area contributed by atoms with Crippen LogP contribution in [0.4, 0.5) is 5.69 Å². The molecule has 3 rings (SSSR count). The second-order valence-corrected chi connectivity index (χ2v) is 3.99. The molecule has 82 valence electrons. The molecule has 0 unspecified atom stereocenters. The molecule has 2 aromatic rings. The number of hydrogen-bond acceptors (Lipinski definition) is 2. The fourth-order valence-electron chi connectivity index (χ4n) is 2.12. The van der Waals surface area contributed by atoms with Gasteiger partial charge in [0.25, 0.3) is 0 Å². The highest BCUT2D eigenvalue weighted by atomic mass is 16.1. The van der Waals surface area contributed by atoms with Gasteiger partial charge in [0.05, 0.1) is 16.7 Å². The zero-order valence-electron chi connectivity index (χ0n) is 8.86. The molecular weight excluding hydrogens is 202 g/mol. The average Bonchev–Trinajstić information content (AvgIpc) is 2.73. The van der Waals surface area contributed by atoms with Gasteiger partial charge >= 0.3 is 0 Å².